The summed E-state index contributed by atoms with van der Waals surface area (Å²) in [4.78, 5) is 24.4. The first-order valence-electron chi connectivity index (χ1n) is 8.31. The summed E-state index contributed by atoms with van der Waals surface area (Å²) in [6.45, 7) is 1.83. The summed E-state index contributed by atoms with van der Waals surface area (Å²) in [6, 6.07) is 23.4. The van der Waals surface area contributed by atoms with Crippen molar-refractivity contribution in [3.8, 4) is 5.75 Å². The Morgan fingerprint density at radius 3 is 2.12 bits per heavy atom. The highest BCUT2D eigenvalue weighted by molar-refractivity contribution is 6.09. The Hall–Kier alpha value is -3.40. The van der Waals surface area contributed by atoms with Crippen molar-refractivity contribution in [2.45, 2.75) is 6.92 Å². The fourth-order valence-electron chi connectivity index (χ4n) is 2.51. The summed E-state index contributed by atoms with van der Waals surface area (Å²) >= 11 is 0. The highest BCUT2D eigenvalue weighted by Crippen LogP contribution is 2.16. The van der Waals surface area contributed by atoms with E-state index < -0.39 is 0 Å². The molecule has 0 bridgehead atoms. The van der Waals surface area contributed by atoms with Gasteiger partial charge in [-0.1, -0.05) is 48.5 Å². The summed E-state index contributed by atoms with van der Waals surface area (Å²) in [5, 5.41) is 2.81. The van der Waals surface area contributed by atoms with Crippen molar-refractivity contribution in [3.05, 3.63) is 95.6 Å². The second kappa shape index (κ2) is 8.12. The molecule has 0 aliphatic heterocycles. The SMILES string of the molecule is Cc1ccccc1NC(=O)COc1ccc(C(=O)c2ccccc2)cc1. The molecule has 0 aromatic heterocycles. The van der Waals surface area contributed by atoms with Gasteiger partial charge in [-0.3, -0.25) is 9.59 Å². The van der Waals surface area contributed by atoms with Gasteiger partial charge in [-0.25, -0.2) is 0 Å². The van der Waals surface area contributed by atoms with Crippen LogP contribution in [0, 0.1) is 6.92 Å². The van der Waals surface area contributed by atoms with E-state index in [1.165, 1.54) is 0 Å². The Labute approximate surface area is 152 Å². The fraction of sp³-hybridized carbons (Fsp3) is 0.0909. The number of aryl methyl sites for hydroxylation is 1. The molecule has 0 unspecified atom stereocenters. The predicted octanol–water partition coefficient (Wildman–Crippen LogP) is 4.24. The first kappa shape index (κ1) is 17.4. The number of amides is 1. The third-order valence-corrected chi connectivity index (χ3v) is 3.94. The topological polar surface area (TPSA) is 55.4 Å². The maximum atomic E-state index is 12.4. The lowest BCUT2D eigenvalue weighted by molar-refractivity contribution is -0.118. The van der Waals surface area contributed by atoms with Gasteiger partial charge in [0.1, 0.15) is 5.75 Å². The molecule has 0 fully saturated rings. The molecule has 0 spiro atoms. The number of benzene rings is 3. The number of ketones is 1. The average Bonchev–Trinajstić information content (AvgIpc) is 2.69. The molecule has 3 aromatic rings. The molecule has 0 saturated heterocycles. The van der Waals surface area contributed by atoms with E-state index in [4.69, 9.17) is 4.74 Å². The van der Waals surface area contributed by atoms with Crippen LogP contribution in [0.2, 0.25) is 0 Å². The van der Waals surface area contributed by atoms with Gasteiger partial charge in [0.15, 0.2) is 12.4 Å². The van der Waals surface area contributed by atoms with Gasteiger partial charge >= 0.3 is 0 Å². The molecular weight excluding hydrogens is 326 g/mol. The van der Waals surface area contributed by atoms with E-state index in [9.17, 15) is 9.59 Å². The van der Waals surface area contributed by atoms with Crippen molar-refractivity contribution >= 4 is 17.4 Å². The van der Waals surface area contributed by atoms with E-state index in [0.717, 1.165) is 11.3 Å². The average molecular weight is 345 g/mol. The quantitative estimate of drug-likeness (QED) is 0.680. The summed E-state index contributed by atoms with van der Waals surface area (Å²) in [6.07, 6.45) is 0. The first-order chi connectivity index (χ1) is 12.6. The maximum Gasteiger partial charge on any atom is 0.262 e. The van der Waals surface area contributed by atoms with Crippen molar-refractivity contribution in [1.29, 1.82) is 0 Å². The molecule has 3 aromatic carbocycles. The van der Waals surface area contributed by atoms with Crippen LogP contribution in [-0.2, 0) is 4.79 Å². The molecular formula is C22H19NO3. The largest absolute Gasteiger partial charge is 0.484 e. The molecule has 0 aliphatic carbocycles. The number of hydrogen-bond acceptors (Lipinski definition) is 3. The molecule has 0 aliphatic rings. The van der Waals surface area contributed by atoms with Crippen molar-refractivity contribution in [3.63, 3.8) is 0 Å². The monoisotopic (exact) mass is 345 g/mol. The second-order valence-electron chi connectivity index (χ2n) is 5.87. The lowest BCUT2D eigenvalue weighted by atomic mass is 10.0. The molecule has 0 atom stereocenters. The number of rotatable bonds is 6. The van der Waals surface area contributed by atoms with E-state index in [1.54, 1.807) is 36.4 Å². The Balaban J connectivity index is 1.57. The molecule has 3 rings (SSSR count). The zero-order chi connectivity index (χ0) is 18.4. The van der Waals surface area contributed by atoms with Crippen LogP contribution in [-0.4, -0.2) is 18.3 Å². The van der Waals surface area contributed by atoms with Gasteiger partial charge in [-0.15, -0.1) is 0 Å². The Kier molecular flexibility index (Phi) is 5.44. The molecule has 4 nitrogen and oxygen atoms in total. The van der Waals surface area contributed by atoms with Gasteiger partial charge in [0.05, 0.1) is 0 Å². The lowest BCUT2D eigenvalue weighted by Gasteiger charge is -2.10. The second-order valence-corrected chi connectivity index (χ2v) is 5.87. The van der Waals surface area contributed by atoms with E-state index >= 15 is 0 Å². The number of hydrogen-bond donors (Lipinski definition) is 1. The smallest absolute Gasteiger partial charge is 0.262 e. The predicted molar refractivity (Wildman–Crippen MR) is 102 cm³/mol. The van der Waals surface area contributed by atoms with E-state index in [1.807, 2.05) is 49.4 Å². The number of carbonyl (C=O) groups is 2. The molecule has 0 heterocycles. The summed E-state index contributed by atoms with van der Waals surface area (Å²) < 4.78 is 5.50. The molecule has 0 saturated carbocycles. The molecule has 1 N–H and O–H groups in total. The highest BCUT2D eigenvalue weighted by Gasteiger charge is 2.09. The van der Waals surface area contributed by atoms with Gasteiger partial charge < -0.3 is 10.1 Å². The van der Waals surface area contributed by atoms with Gasteiger partial charge in [-0.2, -0.15) is 0 Å². The van der Waals surface area contributed by atoms with Gasteiger partial charge in [-0.05, 0) is 42.8 Å². The summed E-state index contributed by atoms with van der Waals surface area (Å²) in [5.74, 6) is 0.257. The molecule has 1 amide bonds. The standard InChI is InChI=1S/C22H19NO3/c1-16-7-5-6-10-20(16)23-21(24)15-26-19-13-11-18(12-14-19)22(25)17-8-3-2-4-9-17/h2-14H,15H2,1H3,(H,23,24). The zero-order valence-corrected chi connectivity index (χ0v) is 14.4. The molecule has 4 heteroatoms. The van der Waals surface area contributed by atoms with Crippen LogP contribution >= 0.6 is 0 Å². The Morgan fingerprint density at radius 2 is 1.42 bits per heavy atom. The maximum absolute atomic E-state index is 12.4. The Bertz CT molecular complexity index is 902. The van der Waals surface area contributed by atoms with Crippen LogP contribution in [0.5, 0.6) is 5.75 Å². The van der Waals surface area contributed by atoms with Crippen LogP contribution in [0.1, 0.15) is 21.5 Å². The third-order valence-electron chi connectivity index (χ3n) is 3.94. The van der Waals surface area contributed by atoms with Crippen molar-refractivity contribution in [2.24, 2.45) is 0 Å². The van der Waals surface area contributed by atoms with E-state index in [0.29, 0.717) is 16.9 Å². The number of carbonyl (C=O) groups excluding carboxylic acids is 2. The first-order valence-corrected chi connectivity index (χ1v) is 8.31. The third kappa shape index (κ3) is 4.36. The molecule has 0 radical (unpaired) electrons. The van der Waals surface area contributed by atoms with Crippen LogP contribution < -0.4 is 10.1 Å². The van der Waals surface area contributed by atoms with Crippen LogP contribution in [0.3, 0.4) is 0 Å². The lowest BCUT2D eigenvalue weighted by Crippen LogP contribution is -2.20. The van der Waals surface area contributed by atoms with E-state index in [2.05, 4.69) is 5.32 Å². The molecule has 130 valence electrons. The highest BCUT2D eigenvalue weighted by atomic mass is 16.5. The van der Waals surface area contributed by atoms with Crippen LogP contribution in [0.25, 0.3) is 0 Å². The number of para-hydroxylation sites is 1. The Morgan fingerprint density at radius 1 is 0.808 bits per heavy atom. The fourth-order valence-corrected chi connectivity index (χ4v) is 2.51. The van der Waals surface area contributed by atoms with E-state index in [-0.39, 0.29) is 18.3 Å². The molecule has 26 heavy (non-hydrogen) atoms. The van der Waals surface area contributed by atoms with Crippen LogP contribution in [0.4, 0.5) is 5.69 Å². The van der Waals surface area contributed by atoms with Crippen molar-refractivity contribution in [1.82, 2.24) is 0 Å². The zero-order valence-electron chi connectivity index (χ0n) is 14.4. The minimum Gasteiger partial charge on any atom is -0.484 e. The minimum atomic E-state index is -0.233. The van der Waals surface area contributed by atoms with Gasteiger partial charge in [0.2, 0.25) is 0 Å². The normalized spacial score (nSPS) is 10.2. The van der Waals surface area contributed by atoms with Gasteiger partial charge in [0.25, 0.3) is 5.91 Å². The summed E-state index contributed by atoms with van der Waals surface area (Å²) in [7, 11) is 0. The number of ether oxygens (including phenoxy) is 1. The number of anilines is 1. The van der Waals surface area contributed by atoms with Crippen LogP contribution in [0.15, 0.2) is 78.9 Å². The van der Waals surface area contributed by atoms with Crippen molar-refractivity contribution in [2.75, 3.05) is 11.9 Å². The van der Waals surface area contributed by atoms with Gasteiger partial charge in [0, 0.05) is 16.8 Å². The summed E-state index contributed by atoms with van der Waals surface area (Å²) in [5.41, 5.74) is 2.97. The van der Waals surface area contributed by atoms with Crippen molar-refractivity contribution < 1.29 is 14.3 Å². The number of nitrogens with one attached hydrogen (secondary N) is 1. The minimum absolute atomic E-state index is 0.0468.